The van der Waals surface area contributed by atoms with E-state index in [1.807, 2.05) is 30.3 Å². The van der Waals surface area contributed by atoms with Crippen molar-refractivity contribution in [3.63, 3.8) is 0 Å². The van der Waals surface area contributed by atoms with Crippen LogP contribution in [-0.2, 0) is 13.1 Å². The predicted molar refractivity (Wildman–Crippen MR) is 91.5 cm³/mol. The molecule has 2 rings (SSSR count). The molecule has 7 heteroatoms. The van der Waals surface area contributed by atoms with Crippen LogP contribution in [-0.4, -0.2) is 25.8 Å². The molecule has 0 unspecified atom stereocenters. The molecule has 0 aliphatic rings. The van der Waals surface area contributed by atoms with Gasteiger partial charge < -0.3 is 15.4 Å². The van der Waals surface area contributed by atoms with Gasteiger partial charge in [0.05, 0.1) is 0 Å². The summed E-state index contributed by atoms with van der Waals surface area (Å²) in [5.74, 6) is 0.750. The predicted octanol–water partition coefficient (Wildman–Crippen LogP) is 3.49. The first-order valence-electron chi connectivity index (χ1n) is 7.74. The van der Waals surface area contributed by atoms with Gasteiger partial charge in [0.1, 0.15) is 5.75 Å². The average molecular weight is 351 g/mol. The minimum Gasteiger partial charge on any atom is -0.484 e. The maximum Gasteiger partial charge on any atom is 0.422 e. The van der Waals surface area contributed by atoms with E-state index in [9.17, 15) is 13.2 Å². The SMILES string of the molecule is CN=C(NCc1ccccc1)NCc1ccccc1OCC(F)(F)F. The molecule has 0 saturated heterocycles. The van der Waals surface area contributed by atoms with E-state index in [1.54, 1.807) is 25.2 Å². The van der Waals surface area contributed by atoms with Crippen LogP contribution < -0.4 is 15.4 Å². The van der Waals surface area contributed by atoms with Crippen molar-refractivity contribution in [3.8, 4) is 5.75 Å². The second kappa shape index (κ2) is 8.96. The van der Waals surface area contributed by atoms with Crippen molar-refractivity contribution in [1.29, 1.82) is 0 Å². The normalized spacial score (nSPS) is 11.9. The molecule has 0 saturated carbocycles. The van der Waals surface area contributed by atoms with Gasteiger partial charge in [-0.3, -0.25) is 4.99 Å². The summed E-state index contributed by atoms with van der Waals surface area (Å²) < 4.78 is 41.9. The topological polar surface area (TPSA) is 45.7 Å². The molecule has 0 radical (unpaired) electrons. The lowest BCUT2D eigenvalue weighted by atomic mass is 10.2. The summed E-state index contributed by atoms with van der Waals surface area (Å²) in [6, 6.07) is 16.4. The van der Waals surface area contributed by atoms with Gasteiger partial charge in [-0.2, -0.15) is 13.2 Å². The number of hydrogen-bond donors (Lipinski definition) is 2. The van der Waals surface area contributed by atoms with Gasteiger partial charge in [0.15, 0.2) is 12.6 Å². The molecule has 25 heavy (non-hydrogen) atoms. The van der Waals surface area contributed by atoms with Gasteiger partial charge in [-0.05, 0) is 11.6 Å². The fourth-order valence-electron chi connectivity index (χ4n) is 2.13. The van der Waals surface area contributed by atoms with Crippen LogP contribution in [0.2, 0.25) is 0 Å². The minimum atomic E-state index is -4.37. The number of guanidine groups is 1. The lowest BCUT2D eigenvalue weighted by Crippen LogP contribution is -2.36. The second-order valence-corrected chi connectivity index (χ2v) is 5.28. The van der Waals surface area contributed by atoms with Gasteiger partial charge in [-0.1, -0.05) is 48.5 Å². The first-order valence-corrected chi connectivity index (χ1v) is 7.74. The summed E-state index contributed by atoms with van der Waals surface area (Å²) >= 11 is 0. The summed E-state index contributed by atoms with van der Waals surface area (Å²) in [6.07, 6.45) is -4.37. The number of ether oxygens (including phenoxy) is 1. The smallest absolute Gasteiger partial charge is 0.422 e. The lowest BCUT2D eigenvalue weighted by Gasteiger charge is -2.15. The highest BCUT2D eigenvalue weighted by Crippen LogP contribution is 2.22. The summed E-state index contributed by atoms with van der Waals surface area (Å²) in [5.41, 5.74) is 1.72. The standard InChI is InChI=1S/C18H20F3N3O/c1-22-17(23-11-14-7-3-2-4-8-14)24-12-15-9-5-6-10-16(15)25-13-18(19,20)21/h2-10H,11-13H2,1H3,(H2,22,23,24). The van der Waals surface area contributed by atoms with Crippen molar-refractivity contribution >= 4 is 5.96 Å². The molecule has 2 N–H and O–H groups in total. The van der Waals surface area contributed by atoms with Gasteiger partial charge in [0.2, 0.25) is 0 Å². The van der Waals surface area contributed by atoms with Gasteiger partial charge in [0.25, 0.3) is 0 Å². The maximum atomic E-state index is 12.3. The largest absolute Gasteiger partial charge is 0.484 e. The van der Waals surface area contributed by atoms with Crippen LogP contribution in [0.15, 0.2) is 59.6 Å². The maximum absolute atomic E-state index is 12.3. The molecule has 0 atom stereocenters. The monoisotopic (exact) mass is 351 g/mol. The van der Waals surface area contributed by atoms with E-state index in [4.69, 9.17) is 4.74 Å². The van der Waals surface area contributed by atoms with E-state index < -0.39 is 12.8 Å². The summed E-state index contributed by atoms with van der Waals surface area (Å²) in [4.78, 5) is 4.11. The molecule has 134 valence electrons. The molecule has 0 aliphatic heterocycles. The summed E-state index contributed by atoms with van der Waals surface area (Å²) in [6.45, 7) is -0.430. The molecule has 0 bridgehead atoms. The van der Waals surface area contributed by atoms with Crippen LogP contribution >= 0.6 is 0 Å². The second-order valence-electron chi connectivity index (χ2n) is 5.28. The highest BCUT2D eigenvalue weighted by Gasteiger charge is 2.28. The zero-order valence-corrected chi connectivity index (χ0v) is 13.8. The molecule has 4 nitrogen and oxygen atoms in total. The number of rotatable bonds is 6. The van der Waals surface area contributed by atoms with Crippen molar-refractivity contribution < 1.29 is 17.9 Å². The molecule has 0 aliphatic carbocycles. The number of nitrogens with one attached hydrogen (secondary N) is 2. The number of para-hydroxylation sites is 1. The third-order valence-corrected chi connectivity index (χ3v) is 3.34. The van der Waals surface area contributed by atoms with Gasteiger partial charge >= 0.3 is 6.18 Å². The molecular formula is C18H20F3N3O. The van der Waals surface area contributed by atoms with Crippen molar-refractivity contribution in [1.82, 2.24) is 10.6 Å². The Bertz CT molecular complexity index is 687. The average Bonchev–Trinajstić information content (AvgIpc) is 2.61. The molecular weight excluding hydrogens is 331 g/mol. The molecule has 0 amide bonds. The lowest BCUT2D eigenvalue weighted by molar-refractivity contribution is -0.153. The third-order valence-electron chi connectivity index (χ3n) is 3.34. The first-order chi connectivity index (χ1) is 12.0. The fraction of sp³-hybridized carbons (Fsp3) is 0.278. The quantitative estimate of drug-likeness (QED) is 0.619. The Balaban J connectivity index is 1.90. The van der Waals surface area contributed by atoms with E-state index in [1.165, 1.54) is 6.07 Å². The number of benzene rings is 2. The Morgan fingerprint density at radius 3 is 2.28 bits per heavy atom. The molecule has 0 heterocycles. The van der Waals surface area contributed by atoms with Gasteiger partial charge in [0, 0.05) is 25.7 Å². The zero-order chi connectivity index (χ0) is 18.1. The van der Waals surface area contributed by atoms with Crippen LogP contribution in [0.5, 0.6) is 5.75 Å². The van der Waals surface area contributed by atoms with Crippen LogP contribution in [0.4, 0.5) is 13.2 Å². The fourth-order valence-corrected chi connectivity index (χ4v) is 2.13. The Labute approximate surface area is 144 Å². The Hall–Kier alpha value is -2.70. The molecule has 2 aromatic rings. The van der Waals surface area contributed by atoms with E-state index in [-0.39, 0.29) is 5.75 Å². The Morgan fingerprint density at radius 2 is 1.60 bits per heavy atom. The number of aliphatic imine (C=N–C) groups is 1. The summed E-state index contributed by atoms with van der Waals surface area (Å²) in [5, 5.41) is 6.22. The number of nitrogens with zero attached hydrogens (tertiary/aromatic N) is 1. The summed E-state index contributed by atoms with van der Waals surface area (Å²) in [7, 11) is 1.63. The van der Waals surface area contributed by atoms with Gasteiger partial charge in [-0.25, -0.2) is 0 Å². The van der Waals surface area contributed by atoms with E-state index in [2.05, 4.69) is 15.6 Å². The highest BCUT2D eigenvalue weighted by atomic mass is 19.4. The Morgan fingerprint density at radius 1 is 0.960 bits per heavy atom. The van der Waals surface area contributed by atoms with Crippen LogP contribution in [0.25, 0.3) is 0 Å². The van der Waals surface area contributed by atoms with Crippen LogP contribution in [0.3, 0.4) is 0 Å². The third kappa shape index (κ3) is 6.74. The van der Waals surface area contributed by atoms with Crippen molar-refractivity contribution in [2.45, 2.75) is 19.3 Å². The minimum absolute atomic E-state index is 0.200. The van der Waals surface area contributed by atoms with Crippen molar-refractivity contribution in [2.75, 3.05) is 13.7 Å². The van der Waals surface area contributed by atoms with Crippen LogP contribution in [0.1, 0.15) is 11.1 Å². The number of alkyl halides is 3. The van der Waals surface area contributed by atoms with Crippen molar-refractivity contribution in [3.05, 3.63) is 65.7 Å². The Kier molecular flexibility index (Phi) is 6.68. The van der Waals surface area contributed by atoms with E-state index in [0.29, 0.717) is 24.6 Å². The zero-order valence-electron chi connectivity index (χ0n) is 13.8. The highest BCUT2D eigenvalue weighted by molar-refractivity contribution is 5.79. The van der Waals surface area contributed by atoms with Crippen molar-refractivity contribution in [2.24, 2.45) is 4.99 Å². The first kappa shape index (κ1) is 18.6. The molecule has 2 aromatic carbocycles. The van der Waals surface area contributed by atoms with E-state index in [0.717, 1.165) is 5.56 Å². The van der Waals surface area contributed by atoms with E-state index >= 15 is 0 Å². The molecule has 0 fully saturated rings. The van der Waals surface area contributed by atoms with Crippen LogP contribution in [0, 0.1) is 0 Å². The number of halogens is 3. The van der Waals surface area contributed by atoms with Gasteiger partial charge in [-0.15, -0.1) is 0 Å². The molecule has 0 aromatic heterocycles. The molecule has 0 spiro atoms. The number of hydrogen-bond acceptors (Lipinski definition) is 2.